The number of pyridine rings is 1. The average molecular weight is 402 g/mol. The third-order valence-electron chi connectivity index (χ3n) is 4.68. The van der Waals surface area contributed by atoms with E-state index >= 15 is 0 Å². The van der Waals surface area contributed by atoms with Crippen molar-refractivity contribution in [3.63, 3.8) is 0 Å². The minimum atomic E-state index is -0.409. The first-order valence-corrected chi connectivity index (χ1v) is 9.08. The van der Waals surface area contributed by atoms with Crippen LogP contribution in [0.2, 0.25) is 0 Å². The zero-order valence-corrected chi connectivity index (χ0v) is 16.3. The van der Waals surface area contributed by atoms with Gasteiger partial charge in [0, 0.05) is 29.0 Å². The summed E-state index contributed by atoms with van der Waals surface area (Å²) >= 11 is 0. The first-order chi connectivity index (χ1) is 14.6. The van der Waals surface area contributed by atoms with Crippen LogP contribution in [0.15, 0.2) is 72.2 Å². The highest BCUT2D eigenvalue weighted by molar-refractivity contribution is 6.03. The summed E-state index contributed by atoms with van der Waals surface area (Å²) in [6.07, 6.45) is 3.34. The minimum absolute atomic E-state index is 0.231. The summed E-state index contributed by atoms with van der Waals surface area (Å²) in [4.78, 5) is 28.1. The predicted octanol–water partition coefficient (Wildman–Crippen LogP) is 5.20. The number of carbonyl (C=O) groups excluding carboxylic acids is 1. The number of ether oxygens (including phenoxy) is 2. The number of amides is 1. The molecular weight excluding hydrogens is 384 g/mol. The second kappa shape index (κ2) is 8.04. The van der Waals surface area contributed by atoms with E-state index in [4.69, 9.17) is 9.47 Å². The quantitative estimate of drug-likeness (QED) is 0.463. The summed E-state index contributed by atoms with van der Waals surface area (Å²) in [6, 6.07) is 15.2. The van der Waals surface area contributed by atoms with Gasteiger partial charge in [0.1, 0.15) is 11.3 Å². The highest BCUT2D eigenvalue weighted by Crippen LogP contribution is 2.36. The molecule has 0 atom stereocenters. The van der Waals surface area contributed by atoms with Crippen molar-refractivity contribution in [2.24, 2.45) is 5.18 Å². The molecule has 2 heterocycles. The number of fused-ring (bicyclic) bond motifs is 1. The van der Waals surface area contributed by atoms with Gasteiger partial charge >= 0.3 is 6.03 Å². The van der Waals surface area contributed by atoms with Gasteiger partial charge in [-0.05, 0) is 53.2 Å². The van der Waals surface area contributed by atoms with E-state index in [1.807, 2.05) is 30.3 Å². The molecule has 8 heteroatoms. The molecule has 1 amide bonds. The number of nitrogens with zero attached hydrogens (tertiary/aromatic N) is 3. The Labute approximate surface area is 172 Å². The lowest BCUT2D eigenvalue weighted by Crippen LogP contribution is -2.18. The predicted molar refractivity (Wildman–Crippen MR) is 115 cm³/mol. The molecule has 0 saturated heterocycles. The number of benzene rings is 2. The molecule has 1 N–H and O–H groups in total. The lowest BCUT2D eigenvalue weighted by Gasteiger charge is -2.09. The number of methoxy groups -OCH3 is 2. The number of hydrogen-bond acceptors (Lipinski definition) is 6. The van der Waals surface area contributed by atoms with Gasteiger partial charge in [-0.2, -0.15) is 0 Å². The molecule has 4 aromatic rings. The highest BCUT2D eigenvalue weighted by atomic mass is 16.5. The Balaban J connectivity index is 1.77. The van der Waals surface area contributed by atoms with Gasteiger partial charge in [-0.25, -0.2) is 9.78 Å². The van der Waals surface area contributed by atoms with Gasteiger partial charge in [-0.1, -0.05) is 12.1 Å². The maximum atomic E-state index is 13.0. The molecule has 0 unspecified atom stereocenters. The highest BCUT2D eigenvalue weighted by Gasteiger charge is 2.17. The third-order valence-corrected chi connectivity index (χ3v) is 4.68. The van der Waals surface area contributed by atoms with Crippen molar-refractivity contribution in [2.45, 2.75) is 0 Å². The maximum absolute atomic E-state index is 13.0. The van der Waals surface area contributed by atoms with Crippen molar-refractivity contribution >= 4 is 28.4 Å². The first kappa shape index (κ1) is 19.1. The summed E-state index contributed by atoms with van der Waals surface area (Å²) < 4.78 is 12.1. The minimum Gasteiger partial charge on any atom is -0.493 e. The van der Waals surface area contributed by atoms with E-state index in [1.54, 1.807) is 44.8 Å². The van der Waals surface area contributed by atoms with Gasteiger partial charge in [0.2, 0.25) is 0 Å². The van der Waals surface area contributed by atoms with E-state index < -0.39 is 6.03 Å². The molecule has 2 aromatic carbocycles. The number of hydrogen-bond donors (Lipinski definition) is 1. The van der Waals surface area contributed by atoms with Gasteiger partial charge in [0.05, 0.1) is 14.2 Å². The van der Waals surface area contributed by atoms with Crippen molar-refractivity contribution < 1.29 is 14.3 Å². The largest absolute Gasteiger partial charge is 0.493 e. The van der Waals surface area contributed by atoms with Crippen LogP contribution in [0.1, 0.15) is 0 Å². The fourth-order valence-corrected chi connectivity index (χ4v) is 3.27. The van der Waals surface area contributed by atoms with E-state index in [-0.39, 0.29) is 5.69 Å². The van der Waals surface area contributed by atoms with Crippen LogP contribution in [-0.2, 0) is 0 Å². The van der Waals surface area contributed by atoms with Crippen molar-refractivity contribution in [3.05, 3.63) is 71.9 Å². The molecule has 0 spiro atoms. The average Bonchev–Trinajstić information content (AvgIpc) is 3.18. The van der Waals surface area contributed by atoms with Gasteiger partial charge in [0.25, 0.3) is 0 Å². The van der Waals surface area contributed by atoms with Crippen molar-refractivity contribution in [1.29, 1.82) is 0 Å². The molecule has 30 heavy (non-hydrogen) atoms. The van der Waals surface area contributed by atoms with Crippen LogP contribution < -0.4 is 14.8 Å². The Kier molecular flexibility index (Phi) is 5.13. The van der Waals surface area contributed by atoms with Crippen LogP contribution in [0.25, 0.3) is 22.2 Å². The second-order valence-electron chi connectivity index (χ2n) is 6.43. The zero-order valence-electron chi connectivity index (χ0n) is 16.3. The van der Waals surface area contributed by atoms with Crippen LogP contribution >= 0.6 is 0 Å². The number of aromatic nitrogens is 2. The van der Waals surface area contributed by atoms with Crippen molar-refractivity contribution in [1.82, 2.24) is 9.55 Å². The standard InChI is InChI=1S/C22H18N4O4/c1-29-19-9-8-14(11-20(19)30-2)18-13-26(21-17(18)7-4-10-23-21)22(27)24-15-5-3-6-16(12-15)25-28/h3-13H,1-2H3,(H,24,27). The van der Waals surface area contributed by atoms with Crippen LogP contribution in [0.5, 0.6) is 11.5 Å². The van der Waals surface area contributed by atoms with E-state index in [2.05, 4.69) is 15.5 Å². The lowest BCUT2D eigenvalue weighted by atomic mass is 10.1. The second-order valence-corrected chi connectivity index (χ2v) is 6.43. The summed E-state index contributed by atoms with van der Waals surface area (Å²) in [7, 11) is 3.15. The monoisotopic (exact) mass is 402 g/mol. The number of anilines is 1. The molecule has 150 valence electrons. The molecule has 0 aliphatic rings. The van der Waals surface area contributed by atoms with Crippen LogP contribution in [0.4, 0.5) is 16.2 Å². The topological polar surface area (TPSA) is 94.8 Å². The maximum Gasteiger partial charge on any atom is 0.331 e. The molecule has 0 bridgehead atoms. The van der Waals surface area contributed by atoms with Crippen molar-refractivity contribution in [2.75, 3.05) is 19.5 Å². The molecule has 0 saturated carbocycles. The number of nitrogens with one attached hydrogen (secondary N) is 1. The van der Waals surface area contributed by atoms with Crippen LogP contribution in [0.3, 0.4) is 0 Å². The molecule has 2 aromatic heterocycles. The molecule has 0 aliphatic carbocycles. The van der Waals surface area contributed by atoms with E-state index in [1.165, 1.54) is 10.6 Å². The van der Waals surface area contributed by atoms with Crippen LogP contribution in [-0.4, -0.2) is 29.8 Å². The van der Waals surface area contributed by atoms with Gasteiger partial charge in [-0.15, -0.1) is 4.91 Å². The number of carbonyl (C=O) groups is 1. The van der Waals surface area contributed by atoms with E-state index in [9.17, 15) is 9.70 Å². The van der Waals surface area contributed by atoms with Crippen LogP contribution in [0, 0.1) is 4.91 Å². The smallest absolute Gasteiger partial charge is 0.331 e. The molecule has 4 rings (SSSR count). The van der Waals surface area contributed by atoms with Gasteiger partial charge in [-0.3, -0.25) is 4.57 Å². The normalized spacial score (nSPS) is 10.6. The number of nitroso groups, excluding NO2 is 1. The molecular formula is C22H18N4O4. The summed E-state index contributed by atoms with van der Waals surface area (Å²) in [5.74, 6) is 1.20. The fraction of sp³-hybridized carbons (Fsp3) is 0.0909. The zero-order chi connectivity index (χ0) is 21.1. The van der Waals surface area contributed by atoms with Gasteiger partial charge in [0.15, 0.2) is 11.5 Å². The Morgan fingerprint density at radius 1 is 1.03 bits per heavy atom. The third kappa shape index (κ3) is 3.46. The fourth-order valence-electron chi connectivity index (χ4n) is 3.27. The molecule has 0 radical (unpaired) electrons. The summed E-state index contributed by atoms with van der Waals surface area (Å²) in [5.41, 5.74) is 2.86. The lowest BCUT2D eigenvalue weighted by molar-refractivity contribution is 0.254. The summed E-state index contributed by atoms with van der Waals surface area (Å²) in [6.45, 7) is 0. The Bertz CT molecular complexity index is 1250. The van der Waals surface area contributed by atoms with E-state index in [0.29, 0.717) is 22.8 Å². The molecule has 0 fully saturated rings. The first-order valence-electron chi connectivity index (χ1n) is 9.08. The SMILES string of the molecule is COc1ccc(-c2cn(C(=O)Nc3cccc(N=O)c3)c3ncccc23)cc1OC. The molecule has 8 nitrogen and oxygen atoms in total. The summed E-state index contributed by atoms with van der Waals surface area (Å²) in [5, 5.41) is 6.47. The number of rotatable bonds is 5. The van der Waals surface area contributed by atoms with Gasteiger partial charge < -0.3 is 14.8 Å². The Morgan fingerprint density at radius 2 is 1.87 bits per heavy atom. The van der Waals surface area contributed by atoms with E-state index in [0.717, 1.165) is 16.5 Å². The van der Waals surface area contributed by atoms with Crippen molar-refractivity contribution in [3.8, 4) is 22.6 Å². The Hall–Kier alpha value is -4.20. The Morgan fingerprint density at radius 3 is 2.63 bits per heavy atom. The molecule has 0 aliphatic heterocycles.